The number of carbonyl (C=O) groups excluding carboxylic acids is 2. The molecule has 42 heavy (non-hydrogen) atoms. The third-order valence-electron chi connectivity index (χ3n) is 6.33. The number of pyridine rings is 1. The van der Waals surface area contributed by atoms with Gasteiger partial charge in [-0.15, -0.1) is 4.99 Å². The zero-order chi connectivity index (χ0) is 30.8. The second-order valence-corrected chi connectivity index (χ2v) is 11.8. The van der Waals surface area contributed by atoms with E-state index in [1.807, 2.05) is 12.1 Å². The molecule has 0 aliphatic rings. The van der Waals surface area contributed by atoms with Gasteiger partial charge < -0.3 is 18.8 Å². The summed E-state index contributed by atoms with van der Waals surface area (Å²) in [6, 6.07) is 13.6. The Morgan fingerprint density at radius 2 is 1.76 bits per heavy atom. The number of carbonyl (C=O) groups is 2. The van der Waals surface area contributed by atoms with E-state index in [4.69, 9.17) is 27.9 Å². The molecule has 0 spiro atoms. The van der Waals surface area contributed by atoms with Gasteiger partial charge in [0.05, 0.1) is 16.6 Å². The number of aryl methyl sites for hydroxylation is 2. The maximum atomic E-state index is 13.8. The largest absolute Gasteiger partial charge is 0.442 e. The Morgan fingerprint density at radius 1 is 1.02 bits per heavy atom. The molecular weight excluding hydrogens is 580 g/mol. The quantitative estimate of drug-likeness (QED) is 0.225. The van der Waals surface area contributed by atoms with Crippen LogP contribution in [-0.2, 0) is 24.9 Å². The average molecular weight is 613 g/mol. The van der Waals surface area contributed by atoms with Gasteiger partial charge in [0.15, 0.2) is 0 Å². The van der Waals surface area contributed by atoms with E-state index in [1.165, 1.54) is 6.07 Å². The van der Waals surface area contributed by atoms with Crippen molar-refractivity contribution in [1.82, 2.24) is 19.0 Å². The van der Waals surface area contributed by atoms with Crippen molar-refractivity contribution in [2.24, 2.45) is 12.0 Å². The second kappa shape index (κ2) is 12.5. The molecule has 2 heterocycles. The normalized spacial score (nSPS) is 12.0. The number of hydrogen-bond donors (Lipinski definition) is 0. The zero-order valence-electron chi connectivity index (χ0n) is 24.3. The van der Waals surface area contributed by atoms with Crippen molar-refractivity contribution in [3.63, 3.8) is 0 Å². The van der Waals surface area contributed by atoms with Crippen molar-refractivity contribution in [3.8, 4) is 11.1 Å². The predicted molar refractivity (Wildman–Crippen MR) is 161 cm³/mol. The number of rotatable bonds is 6. The minimum Gasteiger partial charge on any atom is -0.442 e. The monoisotopic (exact) mass is 611 g/mol. The summed E-state index contributed by atoms with van der Waals surface area (Å²) in [7, 11) is 3.47. The summed E-state index contributed by atoms with van der Waals surface area (Å²) in [5.41, 5.74) is 3.58. The Hall–Kier alpha value is -3.95. The van der Waals surface area contributed by atoms with Gasteiger partial charge in [-0.1, -0.05) is 29.3 Å². The van der Waals surface area contributed by atoms with E-state index in [2.05, 4.69) is 9.98 Å². The number of halogens is 3. The fourth-order valence-corrected chi connectivity index (χ4v) is 4.77. The first-order valence-electron chi connectivity index (χ1n) is 13.2. The molecule has 0 radical (unpaired) electrons. The summed E-state index contributed by atoms with van der Waals surface area (Å²) in [4.78, 5) is 35.9. The van der Waals surface area contributed by atoms with Crippen LogP contribution in [-0.4, -0.2) is 43.7 Å². The van der Waals surface area contributed by atoms with Crippen LogP contribution in [0.1, 0.15) is 48.0 Å². The third kappa shape index (κ3) is 7.66. The van der Waals surface area contributed by atoms with Crippen LogP contribution < -0.4 is 5.62 Å². The molecule has 2 aromatic heterocycles. The molecule has 2 amide bonds. The van der Waals surface area contributed by atoms with E-state index in [0.29, 0.717) is 51.1 Å². The lowest BCUT2D eigenvalue weighted by Gasteiger charge is -2.19. The highest BCUT2D eigenvalue weighted by molar-refractivity contribution is 6.42. The number of imidazole rings is 1. The molecule has 0 saturated heterocycles. The average Bonchev–Trinajstić information content (AvgIpc) is 3.22. The van der Waals surface area contributed by atoms with E-state index in [1.54, 1.807) is 98.5 Å². The maximum Gasteiger partial charge on any atom is 0.437 e. The van der Waals surface area contributed by atoms with E-state index in [-0.39, 0.29) is 5.91 Å². The Balaban J connectivity index is 1.74. The molecule has 0 aliphatic heterocycles. The molecule has 0 saturated carbocycles. The second-order valence-electron chi connectivity index (χ2n) is 11.0. The maximum absolute atomic E-state index is 13.8. The lowest BCUT2D eigenvalue weighted by Crippen LogP contribution is -2.29. The van der Waals surface area contributed by atoms with Gasteiger partial charge in [-0.3, -0.25) is 4.79 Å². The Bertz CT molecular complexity index is 1720. The van der Waals surface area contributed by atoms with Crippen molar-refractivity contribution < 1.29 is 18.7 Å². The van der Waals surface area contributed by atoms with Crippen LogP contribution in [0.15, 0.2) is 65.9 Å². The van der Waals surface area contributed by atoms with Gasteiger partial charge in [0.2, 0.25) is 11.6 Å². The summed E-state index contributed by atoms with van der Waals surface area (Å²) < 4.78 is 22.7. The Labute approximate surface area is 254 Å². The summed E-state index contributed by atoms with van der Waals surface area (Å²) in [6.45, 7) is 7.63. The van der Waals surface area contributed by atoms with Crippen LogP contribution >= 0.6 is 23.2 Å². The third-order valence-corrected chi connectivity index (χ3v) is 7.07. The molecule has 0 atom stereocenters. The summed E-state index contributed by atoms with van der Waals surface area (Å²) in [5, 5.41) is 0.845. The van der Waals surface area contributed by atoms with Crippen LogP contribution in [0.5, 0.6) is 0 Å². The molecule has 0 N–H and O–H groups in total. The number of aromatic nitrogens is 3. The van der Waals surface area contributed by atoms with Crippen molar-refractivity contribution in [1.29, 1.82) is 0 Å². The first kappa shape index (κ1) is 31.0. The number of nitrogens with zero attached hydrogens (tertiary/aromatic N) is 5. The summed E-state index contributed by atoms with van der Waals surface area (Å²) >= 11 is 12.2. The highest BCUT2D eigenvalue weighted by Gasteiger charge is 2.18. The highest BCUT2D eigenvalue weighted by atomic mass is 35.5. The molecule has 11 heteroatoms. The molecular formula is C31H32Cl2FN5O3. The number of hydrogen-bond acceptors (Lipinski definition) is 4. The molecule has 0 fully saturated rings. The molecule has 0 aliphatic carbocycles. The molecule has 0 bridgehead atoms. The zero-order valence-corrected chi connectivity index (χ0v) is 25.8. The van der Waals surface area contributed by atoms with Crippen LogP contribution in [0.2, 0.25) is 10.0 Å². The molecule has 8 nitrogen and oxygen atoms in total. The SMILES string of the molecule is Cc1nc(F)ccc1-c1cc(Cn2ccn(C)/c2=N\C(=O)OC(C)(C)C)cc(C(=O)N(C)Cc2ccc(Cl)c(Cl)c2)c1. The van der Waals surface area contributed by atoms with E-state index < -0.39 is 17.6 Å². The summed E-state index contributed by atoms with van der Waals surface area (Å²) in [6.07, 6.45) is 2.86. The highest BCUT2D eigenvalue weighted by Crippen LogP contribution is 2.27. The molecule has 220 valence electrons. The van der Waals surface area contributed by atoms with Gasteiger partial charge in [0, 0.05) is 49.9 Å². The van der Waals surface area contributed by atoms with E-state index >= 15 is 0 Å². The van der Waals surface area contributed by atoms with Crippen molar-refractivity contribution in [2.45, 2.75) is 46.4 Å². The van der Waals surface area contributed by atoms with Gasteiger partial charge >= 0.3 is 6.09 Å². The minimum atomic E-state index is -0.709. The van der Waals surface area contributed by atoms with Gasteiger partial charge in [0.25, 0.3) is 5.91 Å². The standard InChI is InChI=1S/C31H32Cl2FN5O3/c1-19-24(8-10-27(34)35-19)22-13-21(18-39-12-11-37(5)29(39)36-30(41)42-31(2,3)4)14-23(16-22)28(40)38(6)17-20-7-9-25(32)26(33)15-20/h7-16H,17-18H2,1-6H3/b36-29+. The van der Waals surface area contributed by atoms with Crippen LogP contribution in [0.25, 0.3) is 11.1 Å². The first-order valence-corrected chi connectivity index (χ1v) is 13.9. The molecule has 4 rings (SSSR count). The van der Waals surface area contributed by atoms with Gasteiger partial charge in [-0.2, -0.15) is 4.39 Å². The van der Waals surface area contributed by atoms with E-state index in [0.717, 1.165) is 11.1 Å². The van der Waals surface area contributed by atoms with Crippen molar-refractivity contribution >= 4 is 35.2 Å². The fourth-order valence-electron chi connectivity index (χ4n) is 4.45. The number of ether oxygens (including phenoxy) is 1. The number of amides is 2. The fraction of sp³-hybridized carbons (Fsp3) is 0.290. The van der Waals surface area contributed by atoms with Crippen molar-refractivity contribution in [2.75, 3.05) is 7.05 Å². The Kier molecular flexibility index (Phi) is 9.23. The summed E-state index contributed by atoms with van der Waals surface area (Å²) in [5.74, 6) is -0.813. The number of benzene rings is 2. The van der Waals surface area contributed by atoms with Gasteiger partial charge in [-0.25, -0.2) is 9.78 Å². The van der Waals surface area contributed by atoms with Gasteiger partial charge in [-0.05, 0) is 86.8 Å². The van der Waals surface area contributed by atoms with Gasteiger partial charge in [0.1, 0.15) is 5.60 Å². The van der Waals surface area contributed by atoms with Crippen LogP contribution in [0.4, 0.5) is 9.18 Å². The van der Waals surface area contributed by atoms with E-state index in [9.17, 15) is 14.0 Å². The minimum absolute atomic E-state index is 0.228. The first-order chi connectivity index (χ1) is 19.7. The topological polar surface area (TPSA) is 81.7 Å². The molecule has 0 unspecified atom stereocenters. The van der Waals surface area contributed by atoms with Crippen molar-refractivity contribution in [3.05, 3.63) is 105 Å². The lowest BCUT2D eigenvalue weighted by molar-refractivity contribution is 0.0593. The molecule has 2 aromatic carbocycles. The lowest BCUT2D eigenvalue weighted by atomic mass is 9.98. The smallest absolute Gasteiger partial charge is 0.437 e. The van der Waals surface area contributed by atoms with Crippen LogP contribution in [0, 0.1) is 12.9 Å². The van der Waals surface area contributed by atoms with Crippen LogP contribution in [0.3, 0.4) is 0 Å². The molecule has 4 aromatic rings. The predicted octanol–water partition coefficient (Wildman–Crippen LogP) is 6.80. The Morgan fingerprint density at radius 3 is 2.43 bits per heavy atom.